The van der Waals surface area contributed by atoms with Crippen LogP contribution >= 0.6 is 11.5 Å². The third-order valence-corrected chi connectivity index (χ3v) is 7.12. The van der Waals surface area contributed by atoms with Crippen LogP contribution in [0.5, 0.6) is 0 Å². The van der Waals surface area contributed by atoms with Crippen molar-refractivity contribution in [1.29, 1.82) is 0 Å². The Hall–Kier alpha value is -3.56. The second kappa shape index (κ2) is 9.29. The largest absolute Gasteiger partial charge is 0.343 e. The molecule has 0 unspecified atom stereocenters. The maximum Gasteiger partial charge on any atom is 0.343 e. The van der Waals surface area contributed by atoms with Gasteiger partial charge in [-0.15, -0.1) is 0 Å². The van der Waals surface area contributed by atoms with Gasteiger partial charge in [0.15, 0.2) is 0 Å². The maximum absolute atomic E-state index is 13.3. The second-order valence-corrected chi connectivity index (χ2v) is 9.57. The van der Waals surface area contributed by atoms with Gasteiger partial charge in [0.2, 0.25) is 19.8 Å². The Kier molecular flexibility index (Phi) is 6.29. The molecule has 0 fully saturated rings. The number of carbonyl (C=O) groups is 1. The second-order valence-electron chi connectivity index (χ2n) is 6.99. The average molecular weight is 465 g/mol. The Morgan fingerprint density at radius 1 is 0.969 bits per heavy atom. The normalized spacial score (nSPS) is 12.0. The summed E-state index contributed by atoms with van der Waals surface area (Å²) in [6, 6.07) is 24.3. The summed E-state index contributed by atoms with van der Waals surface area (Å²) >= 11 is 0.852. The summed E-state index contributed by atoms with van der Waals surface area (Å²) < 4.78 is 32.2. The highest BCUT2D eigenvalue weighted by Gasteiger charge is 2.26. The molecule has 0 saturated carbocycles. The van der Waals surface area contributed by atoms with E-state index in [1.165, 1.54) is 4.57 Å². The summed E-state index contributed by atoms with van der Waals surface area (Å²) in [5, 5.41) is 2.53. The van der Waals surface area contributed by atoms with Gasteiger partial charge in [0.25, 0.3) is 0 Å². The molecule has 0 aliphatic carbocycles. The number of nitrogens with one attached hydrogen (secondary N) is 1. The smallest absolute Gasteiger partial charge is 0.332 e. The standard InChI is InChI=1S/C23H20N4O3S2/c1-17-12-14-20(15-13-17)32(29,30)23-26-31-22(27(23)19-10-6-3-7-11-19)25-21(28)24-16-18-8-4-2-5-9-18/h2-15H,16H2,1H3,(H,24,28). The van der Waals surface area contributed by atoms with Crippen LogP contribution in [0.25, 0.3) is 5.69 Å². The number of aryl methyl sites for hydroxylation is 1. The molecule has 0 spiro atoms. The quantitative estimate of drug-likeness (QED) is 0.485. The van der Waals surface area contributed by atoms with Crippen LogP contribution in [-0.2, 0) is 16.4 Å². The predicted molar refractivity (Wildman–Crippen MR) is 122 cm³/mol. The highest BCUT2D eigenvalue weighted by molar-refractivity contribution is 7.91. The number of nitrogens with zero attached hydrogens (tertiary/aromatic N) is 3. The number of sulfone groups is 1. The van der Waals surface area contributed by atoms with Crippen LogP contribution in [0.2, 0.25) is 0 Å². The summed E-state index contributed by atoms with van der Waals surface area (Å²) in [5.41, 5.74) is 2.42. The molecule has 1 N–H and O–H groups in total. The summed E-state index contributed by atoms with van der Waals surface area (Å²) in [5.74, 6) is 0. The lowest BCUT2D eigenvalue weighted by atomic mass is 10.2. The first kappa shape index (κ1) is 21.7. The van der Waals surface area contributed by atoms with Crippen LogP contribution in [0.4, 0.5) is 4.79 Å². The molecular weight excluding hydrogens is 444 g/mol. The molecule has 4 aromatic rings. The fourth-order valence-corrected chi connectivity index (χ4v) is 5.34. The fourth-order valence-electron chi connectivity index (χ4n) is 3.00. The van der Waals surface area contributed by atoms with E-state index in [1.807, 2.05) is 43.3 Å². The molecule has 162 valence electrons. The Balaban J connectivity index is 1.75. The minimum atomic E-state index is -3.93. The molecule has 0 aliphatic heterocycles. The minimum Gasteiger partial charge on any atom is -0.332 e. The van der Waals surface area contributed by atoms with Gasteiger partial charge in [-0.05, 0) is 36.8 Å². The van der Waals surface area contributed by atoms with E-state index in [0.717, 1.165) is 22.7 Å². The number of para-hydroxylation sites is 1. The molecule has 0 aliphatic rings. The molecular formula is C23H20N4O3S2. The van der Waals surface area contributed by atoms with Crippen molar-refractivity contribution in [1.82, 2.24) is 14.3 Å². The topological polar surface area (TPSA) is 93.4 Å². The highest BCUT2D eigenvalue weighted by Crippen LogP contribution is 2.22. The third-order valence-electron chi connectivity index (χ3n) is 4.66. The van der Waals surface area contributed by atoms with E-state index in [1.54, 1.807) is 48.5 Å². The van der Waals surface area contributed by atoms with E-state index in [2.05, 4.69) is 14.7 Å². The number of hydrogen-bond donors (Lipinski definition) is 1. The molecule has 7 nitrogen and oxygen atoms in total. The van der Waals surface area contributed by atoms with Crippen molar-refractivity contribution in [2.24, 2.45) is 4.99 Å². The Labute approximate surface area is 189 Å². The van der Waals surface area contributed by atoms with Crippen LogP contribution in [0, 0.1) is 6.92 Å². The zero-order valence-corrected chi connectivity index (χ0v) is 18.8. The lowest BCUT2D eigenvalue weighted by molar-refractivity contribution is 0.248. The minimum absolute atomic E-state index is 0.123. The molecule has 0 bridgehead atoms. The average Bonchev–Trinajstić information content (AvgIpc) is 3.23. The van der Waals surface area contributed by atoms with Gasteiger partial charge in [0.05, 0.1) is 10.6 Å². The number of aromatic nitrogens is 2. The van der Waals surface area contributed by atoms with Gasteiger partial charge in [0, 0.05) is 18.1 Å². The molecule has 1 aromatic heterocycles. The van der Waals surface area contributed by atoms with Gasteiger partial charge < -0.3 is 5.32 Å². The number of rotatable bonds is 5. The first-order valence-corrected chi connectivity index (χ1v) is 12.0. The Morgan fingerprint density at radius 3 is 2.25 bits per heavy atom. The van der Waals surface area contributed by atoms with Crippen LogP contribution in [0.15, 0.2) is 100.0 Å². The van der Waals surface area contributed by atoms with Crippen molar-refractivity contribution in [2.75, 3.05) is 0 Å². The van der Waals surface area contributed by atoms with Crippen molar-refractivity contribution in [3.05, 3.63) is 101 Å². The van der Waals surface area contributed by atoms with E-state index in [9.17, 15) is 13.2 Å². The molecule has 0 saturated heterocycles. The summed E-state index contributed by atoms with van der Waals surface area (Å²) in [6.07, 6.45) is 0. The zero-order valence-electron chi connectivity index (χ0n) is 17.2. The molecule has 32 heavy (non-hydrogen) atoms. The van der Waals surface area contributed by atoms with Crippen molar-refractivity contribution in [2.45, 2.75) is 23.5 Å². The van der Waals surface area contributed by atoms with E-state index in [0.29, 0.717) is 12.2 Å². The molecule has 3 aromatic carbocycles. The fraction of sp³-hybridized carbons (Fsp3) is 0.0870. The van der Waals surface area contributed by atoms with Gasteiger partial charge in [-0.3, -0.25) is 4.57 Å². The lowest BCUT2D eigenvalue weighted by Crippen LogP contribution is -2.25. The van der Waals surface area contributed by atoms with Crippen molar-refractivity contribution >= 4 is 27.4 Å². The SMILES string of the molecule is Cc1ccc(S(=O)(=O)c2nsc(=NC(=O)NCc3ccccc3)n2-c2ccccc2)cc1. The van der Waals surface area contributed by atoms with E-state index < -0.39 is 15.9 Å². The monoisotopic (exact) mass is 464 g/mol. The summed E-state index contributed by atoms with van der Waals surface area (Å²) in [6.45, 7) is 2.19. The zero-order chi connectivity index (χ0) is 22.6. The molecule has 4 rings (SSSR count). The molecule has 1 heterocycles. The summed E-state index contributed by atoms with van der Waals surface area (Å²) in [4.78, 5) is 16.9. The van der Waals surface area contributed by atoms with E-state index in [4.69, 9.17) is 0 Å². The van der Waals surface area contributed by atoms with Gasteiger partial charge in [-0.2, -0.15) is 9.37 Å². The molecule has 0 atom stereocenters. The van der Waals surface area contributed by atoms with Crippen molar-refractivity contribution < 1.29 is 13.2 Å². The number of amides is 2. The molecule has 2 amide bonds. The van der Waals surface area contributed by atoms with Crippen LogP contribution in [0.1, 0.15) is 11.1 Å². The van der Waals surface area contributed by atoms with Crippen LogP contribution in [0.3, 0.4) is 0 Å². The Morgan fingerprint density at radius 2 is 1.59 bits per heavy atom. The van der Waals surface area contributed by atoms with Gasteiger partial charge in [-0.1, -0.05) is 66.2 Å². The molecule has 9 heteroatoms. The molecule has 0 radical (unpaired) electrons. The van der Waals surface area contributed by atoms with Crippen LogP contribution < -0.4 is 10.1 Å². The number of hydrogen-bond acceptors (Lipinski definition) is 5. The van der Waals surface area contributed by atoms with Crippen molar-refractivity contribution in [3.8, 4) is 5.69 Å². The van der Waals surface area contributed by atoms with Gasteiger partial charge >= 0.3 is 6.03 Å². The van der Waals surface area contributed by atoms with Gasteiger partial charge in [-0.25, -0.2) is 13.2 Å². The summed E-state index contributed by atoms with van der Waals surface area (Å²) in [7, 11) is -3.93. The third kappa shape index (κ3) is 4.68. The maximum atomic E-state index is 13.3. The van der Waals surface area contributed by atoms with Crippen LogP contribution in [-0.4, -0.2) is 23.4 Å². The Bertz CT molecular complexity index is 1390. The van der Waals surface area contributed by atoms with Gasteiger partial charge in [0.1, 0.15) is 0 Å². The number of benzene rings is 3. The van der Waals surface area contributed by atoms with E-state index >= 15 is 0 Å². The number of urea groups is 1. The first-order valence-electron chi connectivity index (χ1n) is 9.77. The lowest BCUT2D eigenvalue weighted by Gasteiger charge is -2.08. The predicted octanol–water partition coefficient (Wildman–Crippen LogP) is 3.89. The highest BCUT2D eigenvalue weighted by atomic mass is 32.2. The van der Waals surface area contributed by atoms with Crippen molar-refractivity contribution in [3.63, 3.8) is 0 Å². The number of carbonyl (C=O) groups excluding carboxylic acids is 1. The van der Waals surface area contributed by atoms with E-state index in [-0.39, 0.29) is 14.9 Å². The first-order chi connectivity index (χ1) is 15.4.